The van der Waals surface area contributed by atoms with Crippen molar-refractivity contribution in [2.24, 2.45) is 0 Å². The SMILES string of the molecule is COc1ccc(Cl)c(N)c1.COc1ccc(Cl)c(SC)c1. The zero-order chi connectivity index (χ0) is 15.8. The zero-order valence-electron chi connectivity index (χ0n) is 12.0. The topological polar surface area (TPSA) is 44.5 Å². The lowest BCUT2D eigenvalue weighted by Crippen LogP contribution is -1.88. The molecule has 0 saturated heterocycles. The van der Waals surface area contributed by atoms with Gasteiger partial charge < -0.3 is 15.2 Å². The van der Waals surface area contributed by atoms with E-state index in [4.69, 9.17) is 38.4 Å². The van der Waals surface area contributed by atoms with Gasteiger partial charge in [0.05, 0.1) is 30.0 Å². The van der Waals surface area contributed by atoms with Gasteiger partial charge in [0.1, 0.15) is 11.5 Å². The first-order chi connectivity index (χ1) is 10.0. The van der Waals surface area contributed by atoms with Gasteiger partial charge in [-0.3, -0.25) is 0 Å². The minimum Gasteiger partial charge on any atom is -0.497 e. The van der Waals surface area contributed by atoms with E-state index in [-0.39, 0.29) is 0 Å². The fourth-order valence-electron chi connectivity index (χ4n) is 1.42. The molecule has 0 unspecified atom stereocenters. The third kappa shape index (κ3) is 5.58. The van der Waals surface area contributed by atoms with E-state index >= 15 is 0 Å². The Labute approximate surface area is 139 Å². The van der Waals surface area contributed by atoms with Crippen LogP contribution in [0.25, 0.3) is 0 Å². The standard InChI is InChI=1S/C8H9ClOS.C7H8ClNO/c1-10-6-3-4-7(9)8(5-6)11-2;1-10-5-2-3-6(8)7(9)4-5/h3-5H,1-2H3;2-4H,9H2,1H3. The first-order valence-electron chi connectivity index (χ1n) is 5.98. The average Bonchev–Trinajstić information content (AvgIpc) is 2.51. The second kappa shape index (κ2) is 8.93. The Morgan fingerprint density at radius 2 is 1.43 bits per heavy atom. The van der Waals surface area contributed by atoms with Gasteiger partial charge in [0, 0.05) is 11.0 Å². The number of ether oxygens (including phenoxy) is 2. The Kier molecular flexibility index (Phi) is 7.57. The number of benzene rings is 2. The van der Waals surface area contributed by atoms with Crippen LogP contribution in [0.5, 0.6) is 11.5 Å². The number of hydrogen-bond donors (Lipinski definition) is 1. The van der Waals surface area contributed by atoms with Crippen molar-refractivity contribution < 1.29 is 9.47 Å². The van der Waals surface area contributed by atoms with Gasteiger partial charge in [0.25, 0.3) is 0 Å². The van der Waals surface area contributed by atoms with Crippen molar-refractivity contribution in [2.75, 3.05) is 26.2 Å². The van der Waals surface area contributed by atoms with Gasteiger partial charge in [-0.15, -0.1) is 11.8 Å². The van der Waals surface area contributed by atoms with Crippen molar-refractivity contribution in [3.8, 4) is 11.5 Å². The normalized spacial score (nSPS) is 9.57. The van der Waals surface area contributed by atoms with Crippen LogP contribution in [-0.4, -0.2) is 20.5 Å². The van der Waals surface area contributed by atoms with Crippen molar-refractivity contribution in [2.45, 2.75) is 4.90 Å². The molecule has 6 heteroatoms. The molecule has 0 atom stereocenters. The van der Waals surface area contributed by atoms with Crippen LogP contribution in [0.3, 0.4) is 0 Å². The second-order valence-corrected chi connectivity index (χ2v) is 5.55. The molecule has 0 aliphatic rings. The molecule has 0 heterocycles. The molecule has 2 N–H and O–H groups in total. The van der Waals surface area contributed by atoms with Crippen LogP contribution in [0.15, 0.2) is 41.3 Å². The van der Waals surface area contributed by atoms with Crippen LogP contribution < -0.4 is 15.2 Å². The molecule has 0 spiro atoms. The Bertz CT molecular complexity index is 594. The number of thioether (sulfide) groups is 1. The minimum atomic E-state index is 0.543. The highest BCUT2D eigenvalue weighted by atomic mass is 35.5. The van der Waals surface area contributed by atoms with Crippen LogP contribution in [0.4, 0.5) is 5.69 Å². The smallest absolute Gasteiger partial charge is 0.121 e. The third-order valence-corrected chi connectivity index (χ3v) is 4.12. The lowest BCUT2D eigenvalue weighted by Gasteiger charge is -2.03. The molecule has 2 aromatic carbocycles. The molecule has 0 amide bonds. The molecule has 2 rings (SSSR count). The molecule has 114 valence electrons. The van der Waals surface area contributed by atoms with E-state index in [2.05, 4.69) is 0 Å². The van der Waals surface area contributed by atoms with E-state index in [0.29, 0.717) is 10.7 Å². The van der Waals surface area contributed by atoms with Crippen LogP contribution >= 0.6 is 35.0 Å². The van der Waals surface area contributed by atoms with E-state index in [1.54, 1.807) is 44.2 Å². The first-order valence-corrected chi connectivity index (χ1v) is 7.96. The van der Waals surface area contributed by atoms with E-state index in [9.17, 15) is 0 Å². The lowest BCUT2D eigenvalue weighted by molar-refractivity contribution is 0.413. The quantitative estimate of drug-likeness (QED) is 0.627. The molecule has 0 aliphatic carbocycles. The summed E-state index contributed by atoms with van der Waals surface area (Å²) in [5, 5.41) is 1.33. The molecule has 0 radical (unpaired) electrons. The fourth-order valence-corrected chi connectivity index (χ4v) is 2.38. The second-order valence-electron chi connectivity index (χ2n) is 3.89. The average molecular weight is 346 g/mol. The Morgan fingerprint density at radius 1 is 0.905 bits per heavy atom. The predicted molar refractivity (Wildman–Crippen MR) is 92.2 cm³/mol. The highest BCUT2D eigenvalue weighted by Crippen LogP contribution is 2.28. The van der Waals surface area contributed by atoms with Gasteiger partial charge in [0.2, 0.25) is 0 Å². The maximum atomic E-state index is 5.88. The highest BCUT2D eigenvalue weighted by molar-refractivity contribution is 7.98. The molecular weight excluding hydrogens is 329 g/mol. The largest absolute Gasteiger partial charge is 0.497 e. The van der Waals surface area contributed by atoms with E-state index in [0.717, 1.165) is 21.4 Å². The molecule has 0 aliphatic heterocycles. The maximum absolute atomic E-state index is 5.88. The van der Waals surface area contributed by atoms with Gasteiger partial charge in [-0.1, -0.05) is 23.2 Å². The molecule has 0 fully saturated rings. The summed E-state index contributed by atoms with van der Waals surface area (Å²) >= 11 is 13.1. The van der Waals surface area contributed by atoms with Crippen molar-refractivity contribution in [3.63, 3.8) is 0 Å². The fraction of sp³-hybridized carbons (Fsp3) is 0.200. The van der Waals surface area contributed by atoms with Crippen LogP contribution in [0.2, 0.25) is 10.0 Å². The molecule has 0 saturated carbocycles. The summed E-state index contributed by atoms with van der Waals surface area (Å²) < 4.78 is 9.95. The van der Waals surface area contributed by atoms with Crippen molar-refractivity contribution in [3.05, 3.63) is 46.4 Å². The summed E-state index contributed by atoms with van der Waals surface area (Å²) in [6, 6.07) is 10.8. The van der Waals surface area contributed by atoms with Crippen LogP contribution in [0.1, 0.15) is 0 Å². The predicted octanol–water partition coefficient (Wildman–Crippen LogP) is 5.00. The van der Waals surface area contributed by atoms with Crippen LogP contribution in [0, 0.1) is 0 Å². The molecule has 21 heavy (non-hydrogen) atoms. The Balaban J connectivity index is 0.000000211. The third-order valence-electron chi connectivity index (χ3n) is 2.56. The zero-order valence-corrected chi connectivity index (χ0v) is 14.4. The number of nitrogen functional groups attached to an aromatic ring is 1. The number of rotatable bonds is 3. The number of halogens is 2. The van der Waals surface area contributed by atoms with E-state index in [1.807, 2.05) is 24.5 Å². The molecule has 0 aromatic heterocycles. The molecule has 3 nitrogen and oxygen atoms in total. The van der Waals surface area contributed by atoms with Gasteiger partial charge >= 0.3 is 0 Å². The van der Waals surface area contributed by atoms with Crippen molar-refractivity contribution in [1.82, 2.24) is 0 Å². The van der Waals surface area contributed by atoms with Gasteiger partial charge in [0.15, 0.2) is 0 Å². The Morgan fingerprint density at radius 3 is 1.90 bits per heavy atom. The summed E-state index contributed by atoms with van der Waals surface area (Å²) in [6.45, 7) is 0. The monoisotopic (exact) mass is 345 g/mol. The maximum Gasteiger partial charge on any atom is 0.121 e. The number of nitrogens with two attached hydrogens (primary N) is 1. The molecular formula is C15H17Cl2NO2S. The molecule has 2 aromatic rings. The number of hydrogen-bond acceptors (Lipinski definition) is 4. The summed E-state index contributed by atoms with van der Waals surface area (Å²) in [7, 11) is 3.23. The summed E-state index contributed by atoms with van der Waals surface area (Å²) in [5.74, 6) is 1.57. The minimum absolute atomic E-state index is 0.543. The van der Waals surface area contributed by atoms with Crippen molar-refractivity contribution in [1.29, 1.82) is 0 Å². The highest BCUT2D eigenvalue weighted by Gasteiger charge is 1.99. The van der Waals surface area contributed by atoms with E-state index in [1.165, 1.54) is 0 Å². The number of methoxy groups -OCH3 is 2. The summed E-state index contributed by atoms with van der Waals surface area (Å²) in [6.07, 6.45) is 1.99. The van der Waals surface area contributed by atoms with Gasteiger partial charge in [-0.2, -0.15) is 0 Å². The van der Waals surface area contributed by atoms with Gasteiger partial charge in [-0.25, -0.2) is 0 Å². The summed E-state index contributed by atoms with van der Waals surface area (Å²) in [4.78, 5) is 1.05. The summed E-state index contributed by atoms with van der Waals surface area (Å²) in [5.41, 5.74) is 6.03. The lowest BCUT2D eigenvalue weighted by atomic mass is 10.3. The van der Waals surface area contributed by atoms with Gasteiger partial charge in [-0.05, 0) is 36.6 Å². The van der Waals surface area contributed by atoms with E-state index < -0.39 is 0 Å². The van der Waals surface area contributed by atoms with Crippen molar-refractivity contribution >= 4 is 40.7 Å². The first kappa shape index (κ1) is 17.8. The molecule has 0 bridgehead atoms. The Hall–Kier alpha value is -1.23. The number of anilines is 1. The van der Waals surface area contributed by atoms with Crippen LogP contribution in [-0.2, 0) is 0 Å².